The number of primary amides is 4. The molecule has 0 unspecified atom stereocenters. The summed E-state index contributed by atoms with van der Waals surface area (Å²) in [6.45, 7) is 3.28. The van der Waals surface area contributed by atoms with Crippen LogP contribution in [0.15, 0.2) is 97.2 Å². The Morgan fingerprint density at radius 1 is 0.581 bits per heavy atom. The Hall–Kier alpha value is -12.8. The van der Waals surface area contributed by atoms with Crippen LogP contribution in [0.4, 0.5) is 0 Å². The van der Waals surface area contributed by atoms with Crippen molar-refractivity contribution < 1.29 is 96.1 Å². The van der Waals surface area contributed by atoms with Gasteiger partial charge in [0.25, 0.3) is 0 Å². The van der Waals surface area contributed by atoms with Crippen molar-refractivity contribution in [3.63, 3.8) is 0 Å². The SMILES string of the molecule is CC(=O)N[C@H]1CCSC[C@@H](C(=O)N[C@@H](Cc2ccc(OCCN)cc2)C(=O)N[C@@H](Cc2ccc3ccccc3c2)C(=O)N[C@@](C)(CCCCN)C(=O)N[C@@H](CCCCNC(=O)[C@@H]2CCC(=O)N2)C(=O)N[C@@H](CC(N)=O)C(=O)NCC(N)=O)NC(=O)[C@H](CCC(N)=O)NC(=O)[C@H](Cc2c[nH]c3ccccc23)NC(=O)[C@H]([C@@H](C)O)NC(=O)[C@H](CCC(N)=O)NC1=O. The number of benzene rings is 4. The minimum atomic E-state index is -2.04. The molecule has 42 heteroatoms. The third kappa shape index (κ3) is 31.6. The molecule has 4 aromatic carbocycles. The molecule has 2 aliphatic rings. The molecule has 0 bridgehead atoms. The van der Waals surface area contributed by atoms with E-state index in [1.165, 1.54) is 6.92 Å². The standard InChI is InChI=1S/C82H113N21O20S/c1-44(104)69-80(121)99-61(39-50-41-90-53-15-7-6-14-52(50)53)77(118)95-56(23-26-64(85)106)73(114)100-63(43-124-35-29-58(92-45(2)105)74(115)94-57(75(116)102-69)24-27-65(86)107)78(119)96-59(37-46-18-21-51(22-19-46)123-34-32-84)76(117)97-60(38-47-17-20-48-12-4-5-13-49(48)36-47)79(120)103-82(3,30-9-10-31-83)81(122)101-54(16-8-11-33-89-70(111)55-25-28-68(110)93-55)72(113)98-62(40-66(87)108)71(112)91-42-67(88)109/h4-7,12-15,17-22,36,41,44,54-63,69,90,104H,8-11,16,23-35,37-40,42-43,83-84H2,1-3H3,(H2,85,106)(H2,86,107)(H2,87,108)(H2,88,109)(H,89,111)(H,91,112)(H,92,105)(H,93,110)(H,94,115)(H,95,118)(H,96,119)(H,97,117)(H,98,113)(H,99,121)(H,100,114)(H,101,122)(H,102,116)(H,103,120)/t44-,54+,55+,56+,57+,58+,59+,60+,61+,62+,63+,69+,82+/m1/s1. The molecule has 672 valence electrons. The summed E-state index contributed by atoms with van der Waals surface area (Å²) >= 11 is 0.922. The van der Waals surface area contributed by atoms with Gasteiger partial charge in [-0.25, -0.2) is 0 Å². The Bertz CT molecular complexity index is 4670. The van der Waals surface area contributed by atoms with E-state index in [9.17, 15) is 62.6 Å². The van der Waals surface area contributed by atoms with Crippen molar-refractivity contribution in [1.29, 1.82) is 0 Å². The molecule has 1 aromatic heterocycles. The van der Waals surface area contributed by atoms with Crippen molar-refractivity contribution in [2.24, 2.45) is 34.4 Å². The molecule has 0 spiro atoms. The lowest BCUT2D eigenvalue weighted by atomic mass is 9.91. The predicted octanol–water partition coefficient (Wildman–Crippen LogP) is -5.35. The number of hydrogen-bond donors (Lipinski definition) is 22. The smallest absolute Gasteiger partial charge is 0.246 e. The number of aromatic nitrogens is 1. The molecule has 2 fully saturated rings. The lowest BCUT2D eigenvalue weighted by molar-refractivity contribution is -0.138. The summed E-state index contributed by atoms with van der Waals surface area (Å²) in [5.41, 5.74) is 33.5. The minimum Gasteiger partial charge on any atom is -0.492 e. The van der Waals surface area contributed by atoms with Crippen LogP contribution in [0.25, 0.3) is 21.7 Å². The van der Waals surface area contributed by atoms with Crippen molar-refractivity contribution >= 4 is 140 Å². The summed E-state index contributed by atoms with van der Waals surface area (Å²) in [6.07, 6.45) is -3.66. The van der Waals surface area contributed by atoms with E-state index in [-0.39, 0.29) is 109 Å². The molecule has 3 heterocycles. The van der Waals surface area contributed by atoms with E-state index < -0.39 is 229 Å². The first-order chi connectivity index (χ1) is 59.0. The largest absolute Gasteiger partial charge is 0.492 e. The molecule has 28 N–H and O–H groups in total. The number of aliphatic hydroxyl groups excluding tert-OH is 1. The molecule has 0 aliphatic carbocycles. The Balaban J connectivity index is 1.30. The highest BCUT2D eigenvalue weighted by Gasteiger charge is 2.42. The maximum atomic E-state index is 15.8. The van der Waals surface area contributed by atoms with Crippen molar-refractivity contribution in [3.05, 3.63) is 114 Å². The number of nitrogens with two attached hydrogens (primary N) is 6. The zero-order valence-corrected chi connectivity index (χ0v) is 70.0. The number of ether oxygens (including phenoxy) is 1. The molecular weight excluding hydrogens is 1630 g/mol. The molecule has 2 saturated heterocycles. The van der Waals surface area contributed by atoms with Crippen molar-refractivity contribution in [3.8, 4) is 5.75 Å². The van der Waals surface area contributed by atoms with Crippen LogP contribution in [-0.2, 0) is 106 Å². The first-order valence-electron chi connectivity index (χ1n) is 40.7. The van der Waals surface area contributed by atoms with Gasteiger partial charge >= 0.3 is 0 Å². The number of unbranched alkanes of at least 4 members (excludes halogenated alkanes) is 2. The van der Waals surface area contributed by atoms with Crippen LogP contribution in [0.1, 0.15) is 127 Å². The second-order valence-electron chi connectivity index (χ2n) is 30.6. The monoisotopic (exact) mass is 1740 g/mol. The third-order valence-electron chi connectivity index (χ3n) is 20.5. The summed E-state index contributed by atoms with van der Waals surface area (Å²) < 4.78 is 5.74. The number of carbonyl (C=O) groups excluding carboxylic acids is 18. The van der Waals surface area contributed by atoms with Gasteiger partial charge in [-0.05, 0) is 136 Å². The van der Waals surface area contributed by atoms with Gasteiger partial charge in [0.1, 0.15) is 84.4 Å². The van der Waals surface area contributed by atoms with Crippen molar-refractivity contribution in [2.75, 3.05) is 44.3 Å². The highest BCUT2D eigenvalue weighted by Crippen LogP contribution is 2.24. The van der Waals surface area contributed by atoms with E-state index in [4.69, 9.17) is 39.1 Å². The Kier molecular flexibility index (Phi) is 38.6. The quantitative estimate of drug-likeness (QED) is 0.0162. The van der Waals surface area contributed by atoms with E-state index in [0.717, 1.165) is 31.0 Å². The third-order valence-corrected chi connectivity index (χ3v) is 21.6. The predicted molar refractivity (Wildman–Crippen MR) is 453 cm³/mol. The fraction of sp³-hybridized carbons (Fsp3) is 0.488. The molecule has 18 amide bonds. The number of para-hydroxylation sites is 1. The molecule has 124 heavy (non-hydrogen) atoms. The maximum Gasteiger partial charge on any atom is 0.246 e. The summed E-state index contributed by atoms with van der Waals surface area (Å²) in [7, 11) is 0. The molecule has 7 rings (SSSR count). The molecule has 5 aromatic rings. The number of hydrogen-bond acceptors (Lipinski definition) is 23. The van der Waals surface area contributed by atoms with Crippen LogP contribution < -0.4 is 114 Å². The number of rotatable bonds is 42. The number of amides is 18. The normalized spacial score (nSPS) is 19.6. The first kappa shape index (κ1) is 98.3. The number of fused-ring (bicyclic) bond motifs is 2. The average Bonchev–Trinajstić information content (AvgIpc) is 1.33. The van der Waals surface area contributed by atoms with E-state index in [1.807, 2.05) is 6.07 Å². The molecule has 0 saturated carbocycles. The van der Waals surface area contributed by atoms with Gasteiger partial charge in [-0.15, -0.1) is 0 Å². The Morgan fingerprint density at radius 2 is 1.20 bits per heavy atom. The highest BCUT2D eigenvalue weighted by atomic mass is 32.2. The molecule has 41 nitrogen and oxygen atoms in total. The summed E-state index contributed by atoms with van der Waals surface area (Å²) in [5, 5.41) is 49.4. The van der Waals surface area contributed by atoms with E-state index in [0.29, 0.717) is 38.7 Å². The highest BCUT2D eigenvalue weighted by molar-refractivity contribution is 7.99. The molecular formula is C82H113N21O20S. The first-order valence-corrected chi connectivity index (χ1v) is 41.9. The fourth-order valence-electron chi connectivity index (χ4n) is 13.8. The number of carbonyl (C=O) groups is 18. The van der Waals surface area contributed by atoms with Gasteiger partial charge < -0.3 is 124 Å². The maximum absolute atomic E-state index is 15.8. The van der Waals surface area contributed by atoms with Crippen LogP contribution in [0.5, 0.6) is 5.75 Å². The fourth-order valence-corrected chi connectivity index (χ4v) is 14.8. The second kappa shape index (κ2) is 48.7. The van der Waals surface area contributed by atoms with E-state index in [1.54, 1.807) is 91.1 Å². The van der Waals surface area contributed by atoms with Gasteiger partial charge in [-0.2, -0.15) is 11.8 Å². The Morgan fingerprint density at radius 3 is 1.85 bits per heavy atom. The van der Waals surface area contributed by atoms with Gasteiger partial charge in [-0.1, -0.05) is 72.8 Å². The van der Waals surface area contributed by atoms with Crippen LogP contribution in [0, 0.1) is 0 Å². The van der Waals surface area contributed by atoms with Gasteiger partial charge in [0, 0.05) is 81.4 Å². The molecule has 2 aliphatic heterocycles. The molecule has 0 radical (unpaired) electrons. The topological polar surface area (TPSA) is 677 Å². The van der Waals surface area contributed by atoms with E-state index in [2.05, 4.69) is 79.4 Å². The summed E-state index contributed by atoms with van der Waals surface area (Å²) in [6, 6.07) is 7.78. The van der Waals surface area contributed by atoms with Gasteiger partial charge in [0.2, 0.25) is 106 Å². The molecule has 13 atom stereocenters. The van der Waals surface area contributed by atoms with Gasteiger partial charge in [0.15, 0.2) is 0 Å². The Labute approximate surface area is 718 Å². The second-order valence-corrected chi connectivity index (χ2v) is 31.8. The zero-order chi connectivity index (χ0) is 90.7. The lowest BCUT2D eigenvalue weighted by Gasteiger charge is -2.34. The zero-order valence-electron chi connectivity index (χ0n) is 69.2. The minimum absolute atomic E-state index is 0.0371. The van der Waals surface area contributed by atoms with E-state index >= 15 is 28.8 Å². The van der Waals surface area contributed by atoms with Crippen LogP contribution in [0.2, 0.25) is 0 Å². The average molecular weight is 1750 g/mol. The van der Waals surface area contributed by atoms with Crippen LogP contribution in [0.3, 0.4) is 0 Å². The number of nitrogens with one attached hydrogen (secondary N) is 15. The van der Waals surface area contributed by atoms with Crippen molar-refractivity contribution in [2.45, 2.75) is 208 Å². The van der Waals surface area contributed by atoms with Gasteiger partial charge in [-0.3, -0.25) is 86.3 Å². The number of thioether (sulfide) groups is 1. The van der Waals surface area contributed by atoms with Crippen molar-refractivity contribution in [1.82, 2.24) is 79.4 Å². The van der Waals surface area contributed by atoms with Crippen LogP contribution >= 0.6 is 11.8 Å². The van der Waals surface area contributed by atoms with Crippen LogP contribution in [-0.4, -0.2) is 239 Å². The number of H-pyrrole nitrogens is 1. The summed E-state index contributed by atoms with van der Waals surface area (Å²) in [4.78, 5) is 254. The number of aliphatic hydroxyl groups is 1. The lowest BCUT2D eigenvalue weighted by Crippen LogP contribution is -2.64. The van der Waals surface area contributed by atoms with Gasteiger partial charge in [0.05, 0.1) is 19.1 Å². The summed E-state index contributed by atoms with van der Waals surface area (Å²) in [5.74, 6) is -17.3. The number of aromatic amines is 1.